The number of hydrogen-bond donors (Lipinski definition) is 2. The molecule has 1 unspecified atom stereocenters. The van der Waals surface area contributed by atoms with Crippen molar-refractivity contribution in [2.45, 2.75) is 26.3 Å². The summed E-state index contributed by atoms with van der Waals surface area (Å²) >= 11 is 1.91. The van der Waals surface area contributed by atoms with Crippen LogP contribution in [-0.4, -0.2) is 30.0 Å². The van der Waals surface area contributed by atoms with E-state index >= 15 is 0 Å². The van der Waals surface area contributed by atoms with Crippen LogP contribution in [0.4, 0.5) is 5.69 Å². The first kappa shape index (κ1) is 14.9. The molecule has 0 aliphatic rings. The molecule has 18 heavy (non-hydrogen) atoms. The van der Waals surface area contributed by atoms with Gasteiger partial charge in [-0.05, 0) is 37.0 Å². The third kappa shape index (κ3) is 6.55. The summed E-state index contributed by atoms with van der Waals surface area (Å²) in [6, 6.07) is 10.0. The Morgan fingerprint density at radius 1 is 1.33 bits per heavy atom. The molecule has 1 aromatic carbocycles. The molecule has 100 valence electrons. The maximum Gasteiger partial charge on any atom is 0.239 e. The van der Waals surface area contributed by atoms with Crippen LogP contribution in [0.5, 0.6) is 0 Å². The van der Waals surface area contributed by atoms with Crippen LogP contribution < -0.4 is 10.6 Å². The highest BCUT2D eigenvalue weighted by atomic mass is 32.2. The van der Waals surface area contributed by atoms with Gasteiger partial charge in [0, 0.05) is 11.7 Å². The van der Waals surface area contributed by atoms with E-state index in [0.717, 1.165) is 23.6 Å². The molecule has 0 spiro atoms. The molecule has 0 aliphatic carbocycles. The average molecular weight is 266 g/mol. The van der Waals surface area contributed by atoms with Gasteiger partial charge in [-0.15, -0.1) is 0 Å². The van der Waals surface area contributed by atoms with Gasteiger partial charge in [-0.1, -0.05) is 25.1 Å². The second kappa shape index (κ2) is 8.86. The zero-order valence-corrected chi connectivity index (χ0v) is 11.9. The Morgan fingerprint density at radius 3 is 2.72 bits per heavy atom. The molecular formula is C14H22N2OS. The highest BCUT2D eigenvalue weighted by Crippen LogP contribution is 2.05. The smallest absolute Gasteiger partial charge is 0.239 e. The van der Waals surface area contributed by atoms with Crippen LogP contribution in [0.1, 0.15) is 20.3 Å². The topological polar surface area (TPSA) is 41.1 Å². The summed E-state index contributed by atoms with van der Waals surface area (Å²) in [6.07, 6.45) is 1.02. The zero-order valence-electron chi connectivity index (χ0n) is 11.1. The van der Waals surface area contributed by atoms with Crippen LogP contribution in [0.3, 0.4) is 0 Å². The molecule has 3 nitrogen and oxygen atoms in total. The van der Waals surface area contributed by atoms with Crippen molar-refractivity contribution in [3.05, 3.63) is 30.3 Å². The zero-order chi connectivity index (χ0) is 13.2. The second-order valence-electron chi connectivity index (χ2n) is 4.17. The third-order valence-corrected chi connectivity index (χ3v) is 3.47. The minimum absolute atomic E-state index is 0.0489. The Balaban J connectivity index is 2.17. The highest BCUT2D eigenvalue weighted by Gasteiger charge is 2.06. The van der Waals surface area contributed by atoms with Gasteiger partial charge in [0.2, 0.25) is 5.91 Å². The summed E-state index contributed by atoms with van der Waals surface area (Å²) in [7, 11) is 0. The van der Waals surface area contributed by atoms with E-state index in [1.54, 1.807) is 0 Å². The Bertz CT molecular complexity index is 343. The summed E-state index contributed by atoms with van der Waals surface area (Å²) in [6.45, 7) is 4.53. The summed E-state index contributed by atoms with van der Waals surface area (Å²) in [4.78, 5) is 11.7. The maximum atomic E-state index is 11.7. The largest absolute Gasteiger partial charge is 0.376 e. The summed E-state index contributed by atoms with van der Waals surface area (Å²) in [5, 5.41) is 6.09. The molecule has 1 aromatic rings. The van der Waals surface area contributed by atoms with Gasteiger partial charge in [-0.3, -0.25) is 4.79 Å². The standard InChI is InChI=1S/C14H22N2OS/c1-3-18-10-9-12(2)16-14(17)11-15-13-7-5-4-6-8-13/h4-8,12,15H,3,9-11H2,1-2H3,(H,16,17). The van der Waals surface area contributed by atoms with Gasteiger partial charge >= 0.3 is 0 Å². The van der Waals surface area contributed by atoms with E-state index < -0.39 is 0 Å². The van der Waals surface area contributed by atoms with Crippen LogP contribution in [0.2, 0.25) is 0 Å². The molecule has 0 aliphatic heterocycles. The van der Waals surface area contributed by atoms with Gasteiger partial charge in [0.1, 0.15) is 0 Å². The van der Waals surface area contributed by atoms with Crippen molar-refractivity contribution in [3.63, 3.8) is 0 Å². The fraction of sp³-hybridized carbons (Fsp3) is 0.500. The molecule has 1 amide bonds. The van der Waals surface area contributed by atoms with Gasteiger partial charge < -0.3 is 10.6 Å². The molecular weight excluding hydrogens is 244 g/mol. The number of thioether (sulfide) groups is 1. The van der Waals surface area contributed by atoms with E-state index in [2.05, 4.69) is 24.5 Å². The van der Waals surface area contributed by atoms with Crippen LogP contribution in [0, 0.1) is 0 Å². The molecule has 4 heteroatoms. The fourth-order valence-corrected chi connectivity index (χ4v) is 2.35. The molecule has 0 aromatic heterocycles. The van der Waals surface area contributed by atoms with E-state index in [1.165, 1.54) is 0 Å². The quantitative estimate of drug-likeness (QED) is 0.711. The van der Waals surface area contributed by atoms with Gasteiger partial charge in [-0.2, -0.15) is 11.8 Å². The third-order valence-electron chi connectivity index (χ3n) is 2.53. The number of carbonyl (C=O) groups excluding carboxylic acids is 1. The summed E-state index contributed by atoms with van der Waals surface area (Å²) in [5.74, 6) is 2.29. The van der Waals surface area contributed by atoms with E-state index in [1.807, 2.05) is 42.1 Å². The van der Waals surface area contributed by atoms with Crippen molar-refractivity contribution in [1.82, 2.24) is 5.32 Å². The monoisotopic (exact) mass is 266 g/mol. The molecule has 0 heterocycles. The van der Waals surface area contributed by atoms with E-state index in [-0.39, 0.29) is 11.9 Å². The lowest BCUT2D eigenvalue weighted by Crippen LogP contribution is -2.36. The minimum atomic E-state index is 0.0489. The van der Waals surface area contributed by atoms with Crippen molar-refractivity contribution in [3.8, 4) is 0 Å². The molecule has 1 atom stereocenters. The Labute approximate surface area is 114 Å². The number of amides is 1. The van der Waals surface area contributed by atoms with Crippen molar-refractivity contribution >= 4 is 23.4 Å². The number of carbonyl (C=O) groups is 1. The number of para-hydroxylation sites is 1. The van der Waals surface area contributed by atoms with Gasteiger partial charge in [0.05, 0.1) is 6.54 Å². The molecule has 0 fully saturated rings. The Kier molecular flexibility index (Phi) is 7.34. The first-order valence-electron chi connectivity index (χ1n) is 6.38. The Morgan fingerprint density at radius 2 is 2.06 bits per heavy atom. The number of rotatable bonds is 8. The molecule has 0 bridgehead atoms. The lowest BCUT2D eigenvalue weighted by atomic mass is 10.2. The van der Waals surface area contributed by atoms with Crippen molar-refractivity contribution in [1.29, 1.82) is 0 Å². The van der Waals surface area contributed by atoms with Crippen LogP contribution in [0.15, 0.2) is 30.3 Å². The van der Waals surface area contributed by atoms with E-state index in [0.29, 0.717) is 6.54 Å². The number of benzene rings is 1. The molecule has 1 rings (SSSR count). The van der Waals surface area contributed by atoms with Crippen LogP contribution >= 0.6 is 11.8 Å². The van der Waals surface area contributed by atoms with Crippen molar-refractivity contribution in [2.24, 2.45) is 0 Å². The van der Waals surface area contributed by atoms with Gasteiger partial charge in [-0.25, -0.2) is 0 Å². The molecule has 0 radical (unpaired) electrons. The number of hydrogen-bond acceptors (Lipinski definition) is 3. The van der Waals surface area contributed by atoms with Crippen molar-refractivity contribution in [2.75, 3.05) is 23.4 Å². The molecule has 0 saturated heterocycles. The normalized spacial score (nSPS) is 11.9. The van der Waals surface area contributed by atoms with E-state index in [4.69, 9.17) is 0 Å². The average Bonchev–Trinajstić information content (AvgIpc) is 2.38. The maximum absolute atomic E-state index is 11.7. The van der Waals surface area contributed by atoms with Gasteiger partial charge in [0.25, 0.3) is 0 Å². The van der Waals surface area contributed by atoms with Crippen LogP contribution in [0.25, 0.3) is 0 Å². The van der Waals surface area contributed by atoms with Gasteiger partial charge in [0.15, 0.2) is 0 Å². The lowest BCUT2D eigenvalue weighted by Gasteiger charge is -2.14. The predicted molar refractivity (Wildman–Crippen MR) is 80.2 cm³/mol. The van der Waals surface area contributed by atoms with Crippen LogP contribution in [-0.2, 0) is 4.79 Å². The number of anilines is 1. The highest BCUT2D eigenvalue weighted by molar-refractivity contribution is 7.99. The lowest BCUT2D eigenvalue weighted by molar-refractivity contribution is -0.120. The Hall–Kier alpha value is -1.16. The predicted octanol–water partition coefficient (Wildman–Crippen LogP) is 2.75. The second-order valence-corrected chi connectivity index (χ2v) is 5.57. The molecule has 2 N–H and O–H groups in total. The fourth-order valence-electron chi connectivity index (χ4n) is 1.54. The SMILES string of the molecule is CCSCCC(C)NC(=O)CNc1ccccc1. The van der Waals surface area contributed by atoms with E-state index in [9.17, 15) is 4.79 Å². The van der Waals surface area contributed by atoms with Crippen molar-refractivity contribution < 1.29 is 4.79 Å². The minimum Gasteiger partial charge on any atom is -0.376 e. The first-order chi connectivity index (χ1) is 8.72. The first-order valence-corrected chi connectivity index (χ1v) is 7.54. The molecule has 0 saturated carbocycles. The number of nitrogens with one attached hydrogen (secondary N) is 2. The summed E-state index contributed by atoms with van der Waals surface area (Å²) < 4.78 is 0. The summed E-state index contributed by atoms with van der Waals surface area (Å²) in [5.41, 5.74) is 0.974.